The fourth-order valence-corrected chi connectivity index (χ4v) is 2.08. The Morgan fingerprint density at radius 3 is 3.00 bits per heavy atom. The summed E-state index contributed by atoms with van der Waals surface area (Å²) in [5.41, 5.74) is 6.06. The summed E-state index contributed by atoms with van der Waals surface area (Å²) in [5.74, 6) is 1.19. The first-order chi connectivity index (χ1) is 8.22. The zero-order chi connectivity index (χ0) is 11.8. The van der Waals surface area contributed by atoms with Crippen LogP contribution in [0.5, 0.6) is 10.9 Å². The van der Waals surface area contributed by atoms with Crippen LogP contribution >= 0.6 is 11.5 Å². The number of nitrogens with zero attached hydrogens (tertiary/aromatic N) is 2. The van der Waals surface area contributed by atoms with Crippen LogP contribution in [0.4, 0.5) is 10.1 Å². The molecule has 17 heavy (non-hydrogen) atoms. The predicted octanol–water partition coefficient (Wildman–Crippen LogP) is 2.93. The van der Waals surface area contributed by atoms with Gasteiger partial charge in [0.25, 0.3) is 5.19 Å². The highest BCUT2D eigenvalue weighted by Gasteiger charge is 2.28. The van der Waals surface area contributed by atoms with Gasteiger partial charge in [-0.1, -0.05) is 0 Å². The first-order valence-corrected chi connectivity index (χ1v) is 6.06. The first kappa shape index (κ1) is 10.5. The largest absolute Gasteiger partial charge is 0.428 e. The van der Waals surface area contributed by atoms with Crippen LogP contribution in [-0.2, 0) is 0 Å². The average molecular weight is 251 g/mol. The van der Waals surface area contributed by atoms with E-state index in [-0.39, 0.29) is 11.6 Å². The van der Waals surface area contributed by atoms with Crippen LogP contribution in [0, 0.1) is 5.82 Å². The maximum absolute atomic E-state index is 13.0. The minimum Gasteiger partial charge on any atom is -0.428 e. The molecule has 0 amide bonds. The Balaban J connectivity index is 1.82. The number of nitrogen functional groups attached to an aromatic ring is 1. The van der Waals surface area contributed by atoms with E-state index in [1.807, 2.05) is 0 Å². The summed E-state index contributed by atoms with van der Waals surface area (Å²) >= 11 is 1.17. The molecule has 88 valence electrons. The van der Waals surface area contributed by atoms with Crippen molar-refractivity contribution in [1.29, 1.82) is 0 Å². The Morgan fingerprint density at radius 1 is 1.41 bits per heavy atom. The first-order valence-electron chi connectivity index (χ1n) is 5.29. The van der Waals surface area contributed by atoms with E-state index in [9.17, 15) is 4.39 Å². The van der Waals surface area contributed by atoms with E-state index in [4.69, 9.17) is 10.5 Å². The van der Waals surface area contributed by atoms with Gasteiger partial charge in [0.1, 0.15) is 11.6 Å². The molecule has 0 unspecified atom stereocenters. The van der Waals surface area contributed by atoms with Gasteiger partial charge in [-0.05, 0) is 25.0 Å². The van der Waals surface area contributed by atoms with Gasteiger partial charge in [0.2, 0.25) is 0 Å². The number of benzene rings is 1. The van der Waals surface area contributed by atoms with Crippen LogP contribution < -0.4 is 10.5 Å². The topological polar surface area (TPSA) is 61.0 Å². The number of halogens is 1. The molecule has 4 nitrogen and oxygen atoms in total. The molecule has 0 aliphatic heterocycles. The number of anilines is 1. The van der Waals surface area contributed by atoms with Gasteiger partial charge in [0, 0.05) is 23.5 Å². The van der Waals surface area contributed by atoms with Crippen molar-refractivity contribution < 1.29 is 9.13 Å². The highest BCUT2D eigenvalue weighted by molar-refractivity contribution is 7.07. The number of ether oxygens (including phenoxy) is 1. The lowest BCUT2D eigenvalue weighted by Gasteiger charge is -2.04. The normalized spacial score (nSPS) is 14.9. The number of hydrogen-bond donors (Lipinski definition) is 1. The molecule has 2 aromatic rings. The molecule has 0 atom stereocenters. The Bertz CT molecular complexity index is 553. The minimum absolute atomic E-state index is 0.281. The summed E-state index contributed by atoms with van der Waals surface area (Å²) in [6.07, 6.45) is 2.27. The number of nitrogens with two attached hydrogens (primary N) is 1. The molecule has 1 saturated carbocycles. The van der Waals surface area contributed by atoms with E-state index in [1.165, 1.54) is 29.7 Å². The molecule has 1 aliphatic rings. The SMILES string of the molecule is Nc1ccc(F)cc1Oc1nc(C2CC2)ns1. The molecule has 3 rings (SSSR count). The quantitative estimate of drug-likeness (QED) is 0.852. The Hall–Kier alpha value is -1.69. The van der Waals surface area contributed by atoms with E-state index in [0.717, 1.165) is 18.7 Å². The molecule has 0 radical (unpaired) electrons. The fraction of sp³-hybridized carbons (Fsp3) is 0.273. The van der Waals surface area contributed by atoms with Crippen LogP contribution in [0.3, 0.4) is 0 Å². The molecule has 1 aromatic heterocycles. The molecule has 0 bridgehead atoms. The van der Waals surface area contributed by atoms with Crippen LogP contribution in [-0.4, -0.2) is 9.36 Å². The molecule has 2 N–H and O–H groups in total. The lowest BCUT2D eigenvalue weighted by molar-refractivity contribution is 0.474. The molecular weight excluding hydrogens is 241 g/mol. The Labute approximate surface area is 101 Å². The van der Waals surface area contributed by atoms with Crippen LogP contribution in [0.2, 0.25) is 0 Å². The molecule has 1 aliphatic carbocycles. The summed E-state index contributed by atoms with van der Waals surface area (Å²) in [5, 5.41) is 0.407. The van der Waals surface area contributed by atoms with E-state index >= 15 is 0 Å². The maximum Gasteiger partial charge on any atom is 0.298 e. The van der Waals surface area contributed by atoms with Crippen LogP contribution in [0.1, 0.15) is 24.6 Å². The Morgan fingerprint density at radius 2 is 2.24 bits per heavy atom. The summed E-state index contributed by atoms with van der Waals surface area (Å²) in [7, 11) is 0. The van der Waals surface area contributed by atoms with Crippen molar-refractivity contribution in [2.24, 2.45) is 0 Å². The Kier molecular flexibility index (Phi) is 2.44. The standard InChI is InChI=1S/C11H10FN3OS/c12-7-3-4-8(13)9(5-7)16-11-14-10(15-17-11)6-1-2-6/h3-6H,1-2,13H2. The van der Waals surface area contributed by atoms with Gasteiger partial charge in [-0.3, -0.25) is 0 Å². The lowest BCUT2D eigenvalue weighted by atomic mass is 10.3. The van der Waals surface area contributed by atoms with Crippen LogP contribution in [0.25, 0.3) is 0 Å². The number of aromatic nitrogens is 2. The van der Waals surface area contributed by atoms with Gasteiger partial charge in [0.05, 0.1) is 5.69 Å². The van der Waals surface area contributed by atoms with Gasteiger partial charge < -0.3 is 10.5 Å². The van der Waals surface area contributed by atoms with E-state index in [2.05, 4.69) is 9.36 Å². The number of hydrogen-bond acceptors (Lipinski definition) is 5. The molecule has 0 saturated heterocycles. The summed E-state index contributed by atoms with van der Waals surface area (Å²) in [6, 6.07) is 4.00. The van der Waals surface area contributed by atoms with Crippen molar-refractivity contribution in [3.63, 3.8) is 0 Å². The van der Waals surface area contributed by atoms with E-state index in [0.29, 0.717) is 16.8 Å². The zero-order valence-corrected chi connectivity index (χ0v) is 9.71. The monoisotopic (exact) mass is 251 g/mol. The van der Waals surface area contributed by atoms with Gasteiger partial charge in [0.15, 0.2) is 5.75 Å². The average Bonchev–Trinajstić information content (AvgIpc) is 3.05. The van der Waals surface area contributed by atoms with Crippen molar-refractivity contribution >= 4 is 17.2 Å². The van der Waals surface area contributed by atoms with Gasteiger partial charge >= 0.3 is 0 Å². The van der Waals surface area contributed by atoms with Gasteiger partial charge in [-0.15, -0.1) is 0 Å². The fourth-order valence-electron chi connectivity index (χ4n) is 1.46. The third-order valence-corrected chi connectivity index (χ3v) is 3.15. The molecule has 0 spiro atoms. The predicted molar refractivity (Wildman–Crippen MR) is 62.8 cm³/mol. The maximum atomic E-state index is 13.0. The summed E-state index contributed by atoms with van der Waals surface area (Å²) in [4.78, 5) is 4.25. The highest BCUT2D eigenvalue weighted by Crippen LogP contribution is 2.40. The van der Waals surface area contributed by atoms with Crippen molar-refractivity contribution in [1.82, 2.24) is 9.36 Å². The molecular formula is C11H10FN3OS. The highest BCUT2D eigenvalue weighted by atomic mass is 32.1. The summed E-state index contributed by atoms with van der Waals surface area (Å²) < 4.78 is 22.7. The van der Waals surface area contributed by atoms with Gasteiger partial charge in [-0.2, -0.15) is 9.36 Å². The second-order valence-electron chi connectivity index (χ2n) is 3.98. The molecule has 1 aromatic carbocycles. The minimum atomic E-state index is -0.388. The lowest BCUT2D eigenvalue weighted by Crippen LogP contribution is -1.92. The third kappa shape index (κ3) is 2.21. The van der Waals surface area contributed by atoms with Crippen molar-refractivity contribution in [2.75, 3.05) is 5.73 Å². The smallest absolute Gasteiger partial charge is 0.298 e. The summed E-state index contributed by atoms with van der Waals surface area (Å²) in [6.45, 7) is 0. The number of rotatable bonds is 3. The molecule has 1 heterocycles. The second-order valence-corrected chi connectivity index (χ2v) is 4.69. The zero-order valence-electron chi connectivity index (χ0n) is 8.89. The molecule has 1 fully saturated rings. The van der Waals surface area contributed by atoms with Crippen LogP contribution in [0.15, 0.2) is 18.2 Å². The third-order valence-electron chi connectivity index (χ3n) is 2.54. The van der Waals surface area contributed by atoms with Crippen molar-refractivity contribution in [3.8, 4) is 10.9 Å². The van der Waals surface area contributed by atoms with Gasteiger partial charge in [-0.25, -0.2) is 4.39 Å². The second kappa shape index (κ2) is 3.96. The van der Waals surface area contributed by atoms with Crippen molar-refractivity contribution in [2.45, 2.75) is 18.8 Å². The van der Waals surface area contributed by atoms with E-state index < -0.39 is 0 Å². The van der Waals surface area contributed by atoms with E-state index in [1.54, 1.807) is 0 Å². The van der Waals surface area contributed by atoms with Crippen molar-refractivity contribution in [3.05, 3.63) is 29.8 Å². The molecule has 6 heteroatoms.